The number of amides is 1. The molecular weight excluding hydrogens is 218 g/mol. The quantitative estimate of drug-likeness (QED) is 0.338. The number of rotatable bonds is 4. The number of hydrogen-bond acceptors (Lipinski definition) is 3. The topological polar surface area (TPSA) is 78.9 Å². The van der Waals surface area contributed by atoms with Crippen LogP contribution in [0.2, 0.25) is 0 Å². The highest BCUT2D eigenvalue weighted by molar-refractivity contribution is 6.02. The number of hydrogen-bond donors (Lipinski definition) is 2. The van der Waals surface area contributed by atoms with E-state index in [-0.39, 0.29) is 11.7 Å². The van der Waals surface area contributed by atoms with E-state index in [1.165, 1.54) is 6.42 Å². The first-order valence-corrected chi connectivity index (χ1v) is 6.40. The van der Waals surface area contributed by atoms with E-state index in [1.807, 2.05) is 11.8 Å². The van der Waals surface area contributed by atoms with E-state index in [9.17, 15) is 4.79 Å². The Morgan fingerprint density at radius 1 is 1.59 bits per heavy atom. The number of nitrogens with zero attached hydrogens (tertiary/aromatic N) is 2. The molecule has 5 heteroatoms. The maximum absolute atomic E-state index is 12.2. The molecule has 0 aromatic heterocycles. The summed E-state index contributed by atoms with van der Waals surface area (Å²) < 4.78 is 0. The van der Waals surface area contributed by atoms with E-state index in [1.54, 1.807) is 0 Å². The predicted octanol–water partition coefficient (Wildman–Crippen LogP) is 1.41. The number of nitrogens with two attached hydrogens (primary N) is 1. The van der Waals surface area contributed by atoms with E-state index < -0.39 is 5.92 Å². The van der Waals surface area contributed by atoms with Crippen molar-refractivity contribution in [3.8, 4) is 0 Å². The summed E-state index contributed by atoms with van der Waals surface area (Å²) in [5, 5.41) is 11.6. The Hall–Kier alpha value is -1.26. The molecule has 1 aliphatic heterocycles. The van der Waals surface area contributed by atoms with Gasteiger partial charge in [0.1, 0.15) is 0 Å². The monoisotopic (exact) mass is 241 g/mol. The highest BCUT2D eigenvalue weighted by Crippen LogP contribution is 2.21. The van der Waals surface area contributed by atoms with E-state index in [0.29, 0.717) is 12.3 Å². The maximum Gasteiger partial charge on any atom is 0.233 e. The third-order valence-corrected chi connectivity index (χ3v) is 3.59. The molecule has 1 aliphatic rings. The van der Waals surface area contributed by atoms with Crippen LogP contribution in [-0.2, 0) is 4.79 Å². The molecule has 3 N–H and O–H groups in total. The summed E-state index contributed by atoms with van der Waals surface area (Å²) >= 11 is 0. The Morgan fingerprint density at radius 3 is 2.82 bits per heavy atom. The number of likely N-dealkylation sites (tertiary alicyclic amines) is 1. The van der Waals surface area contributed by atoms with Crippen LogP contribution in [0.1, 0.15) is 39.5 Å². The predicted molar refractivity (Wildman–Crippen MR) is 66.8 cm³/mol. The van der Waals surface area contributed by atoms with Crippen molar-refractivity contribution in [1.29, 1.82) is 0 Å². The van der Waals surface area contributed by atoms with Crippen molar-refractivity contribution in [3.63, 3.8) is 0 Å². The lowest BCUT2D eigenvalue weighted by atomic mass is 9.94. The summed E-state index contributed by atoms with van der Waals surface area (Å²) in [5.74, 6) is 0.144. The molecule has 1 saturated heterocycles. The third kappa shape index (κ3) is 3.35. The molecule has 1 rings (SSSR count). The summed E-state index contributed by atoms with van der Waals surface area (Å²) in [5.41, 5.74) is 5.55. The van der Waals surface area contributed by atoms with Gasteiger partial charge in [-0.25, -0.2) is 0 Å². The van der Waals surface area contributed by atoms with E-state index in [0.717, 1.165) is 25.9 Å². The molecule has 2 atom stereocenters. The maximum atomic E-state index is 12.2. The molecule has 17 heavy (non-hydrogen) atoms. The van der Waals surface area contributed by atoms with Gasteiger partial charge in [-0.05, 0) is 25.2 Å². The summed E-state index contributed by atoms with van der Waals surface area (Å²) in [7, 11) is 0. The third-order valence-electron chi connectivity index (χ3n) is 3.59. The van der Waals surface area contributed by atoms with Crippen LogP contribution in [0.4, 0.5) is 0 Å². The average molecular weight is 241 g/mol. The van der Waals surface area contributed by atoms with Gasteiger partial charge in [0.2, 0.25) is 5.91 Å². The molecule has 0 spiro atoms. The number of piperidine rings is 1. The van der Waals surface area contributed by atoms with Crippen molar-refractivity contribution < 1.29 is 10.0 Å². The second-order valence-electron chi connectivity index (χ2n) is 4.69. The highest BCUT2D eigenvalue weighted by atomic mass is 16.4. The van der Waals surface area contributed by atoms with Crippen molar-refractivity contribution in [3.05, 3.63) is 0 Å². The number of amidine groups is 1. The number of carbonyl (C=O) groups excluding carboxylic acids is 1. The molecule has 0 aromatic rings. The van der Waals surface area contributed by atoms with Crippen LogP contribution in [0.15, 0.2) is 5.16 Å². The minimum absolute atomic E-state index is 0.000880. The zero-order chi connectivity index (χ0) is 12.8. The Bertz CT molecular complexity index is 291. The summed E-state index contributed by atoms with van der Waals surface area (Å²) in [6.07, 6.45) is 3.92. The number of carbonyl (C=O) groups is 1. The average Bonchev–Trinajstić information content (AvgIpc) is 2.39. The van der Waals surface area contributed by atoms with E-state index in [2.05, 4.69) is 12.1 Å². The zero-order valence-corrected chi connectivity index (χ0v) is 10.7. The molecule has 0 aliphatic carbocycles. The fourth-order valence-corrected chi connectivity index (χ4v) is 2.40. The van der Waals surface area contributed by atoms with Crippen LogP contribution in [0.25, 0.3) is 0 Å². The molecule has 5 nitrogen and oxygen atoms in total. The Balaban J connectivity index is 2.67. The molecule has 0 saturated carbocycles. The van der Waals surface area contributed by atoms with Gasteiger partial charge in [-0.2, -0.15) is 0 Å². The standard InChI is InChI=1S/C12H23N3O2/c1-3-9-6-5-7-15(8-9)12(16)10(4-2)11(13)14-17/h9-10,17H,3-8H2,1-2H3,(H2,13,14). The minimum atomic E-state index is -0.476. The smallest absolute Gasteiger partial charge is 0.233 e. The van der Waals surface area contributed by atoms with Crippen molar-refractivity contribution in [2.24, 2.45) is 22.7 Å². The SMILES string of the molecule is CCC1CCCN(C(=O)C(CC)C(N)=NO)C1. The molecule has 2 unspecified atom stereocenters. The van der Waals surface area contributed by atoms with Gasteiger partial charge >= 0.3 is 0 Å². The van der Waals surface area contributed by atoms with E-state index >= 15 is 0 Å². The first-order chi connectivity index (χ1) is 8.13. The van der Waals surface area contributed by atoms with Crippen molar-refractivity contribution in [2.75, 3.05) is 13.1 Å². The molecule has 1 fully saturated rings. The molecule has 0 aromatic carbocycles. The van der Waals surface area contributed by atoms with Gasteiger partial charge in [0.15, 0.2) is 5.84 Å². The van der Waals surface area contributed by atoms with Gasteiger partial charge < -0.3 is 15.8 Å². The second kappa shape index (κ2) is 6.47. The molecule has 98 valence electrons. The zero-order valence-electron chi connectivity index (χ0n) is 10.7. The van der Waals surface area contributed by atoms with Gasteiger partial charge in [0.05, 0.1) is 5.92 Å². The second-order valence-corrected chi connectivity index (χ2v) is 4.69. The minimum Gasteiger partial charge on any atom is -0.409 e. The lowest BCUT2D eigenvalue weighted by Gasteiger charge is -2.34. The summed E-state index contributed by atoms with van der Waals surface area (Å²) in [4.78, 5) is 14.1. The first-order valence-electron chi connectivity index (χ1n) is 6.40. The van der Waals surface area contributed by atoms with Crippen LogP contribution in [-0.4, -0.2) is 34.9 Å². The van der Waals surface area contributed by atoms with Gasteiger partial charge in [-0.15, -0.1) is 0 Å². The van der Waals surface area contributed by atoms with Crippen LogP contribution in [0.3, 0.4) is 0 Å². The molecule has 0 bridgehead atoms. The van der Waals surface area contributed by atoms with Crippen LogP contribution >= 0.6 is 0 Å². The van der Waals surface area contributed by atoms with Crippen LogP contribution in [0, 0.1) is 11.8 Å². The highest BCUT2D eigenvalue weighted by Gasteiger charge is 2.29. The lowest BCUT2D eigenvalue weighted by molar-refractivity contribution is -0.135. The van der Waals surface area contributed by atoms with Gasteiger partial charge in [-0.3, -0.25) is 4.79 Å². The Labute approximate surface area is 103 Å². The lowest BCUT2D eigenvalue weighted by Crippen LogP contribution is -2.46. The normalized spacial score (nSPS) is 23.5. The molecule has 1 amide bonds. The van der Waals surface area contributed by atoms with E-state index in [4.69, 9.17) is 10.9 Å². The van der Waals surface area contributed by atoms with Crippen molar-refractivity contribution >= 4 is 11.7 Å². The Kier molecular flexibility index (Phi) is 5.25. The largest absolute Gasteiger partial charge is 0.409 e. The first kappa shape index (κ1) is 13.8. The fraction of sp³-hybridized carbons (Fsp3) is 0.833. The number of oxime groups is 1. The Morgan fingerprint density at radius 2 is 2.29 bits per heavy atom. The summed E-state index contributed by atoms with van der Waals surface area (Å²) in [6.45, 7) is 5.64. The van der Waals surface area contributed by atoms with Crippen molar-refractivity contribution in [2.45, 2.75) is 39.5 Å². The van der Waals surface area contributed by atoms with Crippen LogP contribution in [0.5, 0.6) is 0 Å². The van der Waals surface area contributed by atoms with Gasteiger partial charge in [0.25, 0.3) is 0 Å². The van der Waals surface area contributed by atoms with Gasteiger partial charge in [0, 0.05) is 13.1 Å². The molecule has 1 heterocycles. The molecular formula is C12H23N3O2. The fourth-order valence-electron chi connectivity index (χ4n) is 2.40. The molecule has 0 radical (unpaired) electrons. The summed E-state index contributed by atoms with van der Waals surface area (Å²) in [6, 6.07) is 0. The van der Waals surface area contributed by atoms with Crippen molar-refractivity contribution in [1.82, 2.24) is 4.90 Å². The van der Waals surface area contributed by atoms with Gasteiger partial charge in [-0.1, -0.05) is 25.4 Å². The van der Waals surface area contributed by atoms with Crippen LogP contribution < -0.4 is 5.73 Å².